The summed E-state index contributed by atoms with van der Waals surface area (Å²) in [6.45, 7) is 2.32. The predicted octanol–water partition coefficient (Wildman–Crippen LogP) is 3.25. The highest BCUT2D eigenvalue weighted by Gasteiger charge is 2.08. The average molecular weight is 328 g/mol. The second-order valence-electron chi connectivity index (χ2n) is 5.66. The van der Waals surface area contributed by atoms with E-state index in [1.54, 1.807) is 24.5 Å². The van der Waals surface area contributed by atoms with Crippen molar-refractivity contribution in [2.45, 2.75) is 13.5 Å². The van der Waals surface area contributed by atoms with Crippen molar-refractivity contribution in [1.82, 2.24) is 15.3 Å². The van der Waals surface area contributed by atoms with Gasteiger partial charge in [-0.2, -0.15) is 5.26 Å². The molecule has 2 heterocycles. The first kappa shape index (κ1) is 16.3. The van der Waals surface area contributed by atoms with E-state index in [0.29, 0.717) is 23.4 Å². The largest absolute Gasteiger partial charge is 0.346 e. The number of carbonyl (C=O) groups excluding carboxylic acids is 1. The van der Waals surface area contributed by atoms with Crippen molar-refractivity contribution in [1.29, 1.82) is 5.26 Å². The maximum atomic E-state index is 12.4. The molecule has 122 valence electrons. The number of benzene rings is 1. The molecule has 3 aromatic rings. The lowest BCUT2D eigenvalue weighted by atomic mass is 10.0. The number of aryl methyl sites for hydroxylation is 1. The zero-order chi connectivity index (χ0) is 17.6. The Morgan fingerprint density at radius 3 is 2.72 bits per heavy atom. The maximum absolute atomic E-state index is 12.4. The summed E-state index contributed by atoms with van der Waals surface area (Å²) in [7, 11) is 0. The van der Waals surface area contributed by atoms with Crippen molar-refractivity contribution in [3.05, 3.63) is 83.4 Å². The van der Waals surface area contributed by atoms with Crippen molar-refractivity contribution in [2.24, 2.45) is 0 Å². The number of aromatic nitrogens is 2. The molecule has 1 N–H and O–H groups in total. The van der Waals surface area contributed by atoms with Gasteiger partial charge >= 0.3 is 0 Å². The molecule has 0 unspecified atom stereocenters. The van der Waals surface area contributed by atoms with Crippen LogP contribution in [0.25, 0.3) is 11.1 Å². The van der Waals surface area contributed by atoms with Gasteiger partial charge in [-0.15, -0.1) is 0 Å². The zero-order valence-electron chi connectivity index (χ0n) is 13.7. The number of nitriles is 1. The summed E-state index contributed by atoms with van der Waals surface area (Å²) >= 11 is 0. The number of hydrogen-bond acceptors (Lipinski definition) is 4. The van der Waals surface area contributed by atoms with Crippen LogP contribution in [-0.4, -0.2) is 15.9 Å². The molecule has 0 bridgehead atoms. The monoisotopic (exact) mass is 328 g/mol. The van der Waals surface area contributed by atoms with E-state index < -0.39 is 0 Å². The molecule has 1 aromatic carbocycles. The van der Waals surface area contributed by atoms with Gasteiger partial charge in [0.05, 0.1) is 23.4 Å². The van der Waals surface area contributed by atoms with Crippen LogP contribution in [-0.2, 0) is 6.54 Å². The molecule has 5 nitrogen and oxygen atoms in total. The Kier molecular flexibility index (Phi) is 4.82. The SMILES string of the molecule is Cc1cccc(-c2cncc(C(=O)NCc3ccc(C#N)cn3)c2)c1. The maximum Gasteiger partial charge on any atom is 0.253 e. The second-order valence-corrected chi connectivity index (χ2v) is 5.66. The van der Waals surface area contributed by atoms with Crippen LogP contribution in [0.2, 0.25) is 0 Å². The molecule has 0 saturated heterocycles. The minimum Gasteiger partial charge on any atom is -0.346 e. The number of rotatable bonds is 4. The Hall–Kier alpha value is -3.52. The Morgan fingerprint density at radius 2 is 2.00 bits per heavy atom. The van der Waals surface area contributed by atoms with E-state index in [1.807, 2.05) is 37.3 Å². The first-order chi connectivity index (χ1) is 12.2. The van der Waals surface area contributed by atoms with Crippen LogP contribution in [0, 0.1) is 18.3 Å². The highest BCUT2D eigenvalue weighted by Crippen LogP contribution is 2.20. The summed E-state index contributed by atoms with van der Waals surface area (Å²) in [5.74, 6) is -0.215. The molecule has 0 radical (unpaired) electrons. The topological polar surface area (TPSA) is 78.7 Å². The fraction of sp³-hybridized carbons (Fsp3) is 0.100. The van der Waals surface area contributed by atoms with Crippen LogP contribution >= 0.6 is 0 Å². The van der Waals surface area contributed by atoms with Gasteiger partial charge < -0.3 is 5.32 Å². The molecule has 0 spiro atoms. The van der Waals surface area contributed by atoms with Gasteiger partial charge in [0.15, 0.2) is 0 Å². The standard InChI is InChI=1S/C20H16N4O/c1-14-3-2-4-16(7-14)17-8-18(12-22-11-17)20(25)24-13-19-6-5-15(9-21)10-23-19/h2-8,10-12H,13H2,1H3,(H,24,25). The van der Waals surface area contributed by atoms with Crippen molar-refractivity contribution >= 4 is 5.91 Å². The first-order valence-electron chi connectivity index (χ1n) is 7.81. The minimum atomic E-state index is -0.215. The Bertz CT molecular complexity index is 942. The molecule has 25 heavy (non-hydrogen) atoms. The predicted molar refractivity (Wildman–Crippen MR) is 94.5 cm³/mol. The highest BCUT2D eigenvalue weighted by molar-refractivity contribution is 5.95. The van der Waals surface area contributed by atoms with Crippen molar-refractivity contribution in [3.8, 4) is 17.2 Å². The molecule has 0 fully saturated rings. The highest BCUT2D eigenvalue weighted by atomic mass is 16.1. The number of amides is 1. The van der Waals surface area contributed by atoms with E-state index in [0.717, 1.165) is 16.7 Å². The smallest absolute Gasteiger partial charge is 0.253 e. The first-order valence-corrected chi connectivity index (χ1v) is 7.81. The van der Waals surface area contributed by atoms with Crippen LogP contribution in [0.1, 0.15) is 27.2 Å². The van der Waals surface area contributed by atoms with Gasteiger partial charge in [0.25, 0.3) is 5.91 Å². The molecule has 5 heteroatoms. The van der Waals surface area contributed by atoms with Crippen LogP contribution in [0.15, 0.2) is 61.1 Å². The normalized spacial score (nSPS) is 10.1. The molecular formula is C20H16N4O. The number of nitrogens with zero attached hydrogens (tertiary/aromatic N) is 3. The lowest BCUT2D eigenvalue weighted by molar-refractivity contribution is 0.0950. The molecule has 0 aliphatic rings. The van der Waals surface area contributed by atoms with Gasteiger partial charge in [-0.3, -0.25) is 14.8 Å². The summed E-state index contributed by atoms with van der Waals surface area (Å²) < 4.78 is 0. The third-order valence-electron chi connectivity index (χ3n) is 3.74. The molecular weight excluding hydrogens is 312 g/mol. The lowest BCUT2D eigenvalue weighted by Crippen LogP contribution is -2.23. The van der Waals surface area contributed by atoms with Crippen LogP contribution in [0.5, 0.6) is 0 Å². The van der Waals surface area contributed by atoms with Gasteiger partial charge in [-0.25, -0.2) is 0 Å². The Labute approximate surface area is 146 Å². The third-order valence-corrected chi connectivity index (χ3v) is 3.74. The fourth-order valence-electron chi connectivity index (χ4n) is 2.41. The van der Waals surface area contributed by atoms with Crippen molar-refractivity contribution in [3.63, 3.8) is 0 Å². The number of pyridine rings is 2. The van der Waals surface area contributed by atoms with Crippen LogP contribution in [0.4, 0.5) is 0 Å². The zero-order valence-corrected chi connectivity index (χ0v) is 13.7. The summed E-state index contributed by atoms with van der Waals surface area (Å²) in [6.07, 6.45) is 4.77. The number of nitrogens with one attached hydrogen (secondary N) is 1. The molecule has 0 atom stereocenters. The van der Waals surface area contributed by atoms with Gasteiger partial charge in [-0.05, 0) is 30.7 Å². The van der Waals surface area contributed by atoms with Gasteiger partial charge in [0.1, 0.15) is 6.07 Å². The van der Waals surface area contributed by atoms with Gasteiger partial charge in [0, 0.05) is 24.2 Å². The minimum absolute atomic E-state index is 0.215. The quantitative estimate of drug-likeness (QED) is 0.797. The number of carbonyl (C=O) groups is 1. The molecule has 0 saturated carbocycles. The van der Waals surface area contributed by atoms with E-state index in [9.17, 15) is 4.79 Å². The number of hydrogen-bond donors (Lipinski definition) is 1. The van der Waals surface area contributed by atoms with E-state index >= 15 is 0 Å². The van der Waals surface area contributed by atoms with E-state index in [2.05, 4.69) is 21.4 Å². The molecule has 3 rings (SSSR count). The molecule has 0 aliphatic heterocycles. The Morgan fingerprint density at radius 1 is 1.12 bits per heavy atom. The summed E-state index contributed by atoms with van der Waals surface area (Å²) in [5.41, 5.74) is 4.75. The summed E-state index contributed by atoms with van der Waals surface area (Å²) in [6, 6.07) is 15.3. The Balaban J connectivity index is 1.72. The van der Waals surface area contributed by atoms with Crippen LogP contribution in [0.3, 0.4) is 0 Å². The molecule has 2 aromatic heterocycles. The van der Waals surface area contributed by atoms with E-state index in [4.69, 9.17) is 5.26 Å². The second kappa shape index (κ2) is 7.37. The van der Waals surface area contributed by atoms with Crippen molar-refractivity contribution < 1.29 is 4.79 Å². The fourth-order valence-corrected chi connectivity index (χ4v) is 2.41. The van der Waals surface area contributed by atoms with E-state index in [1.165, 1.54) is 6.20 Å². The van der Waals surface area contributed by atoms with Gasteiger partial charge in [-0.1, -0.05) is 29.8 Å². The van der Waals surface area contributed by atoms with E-state index in [-0.39, 0.29) is 5.91 Å². The summed E-state index contributed by atoms with van der Waals surface area (Å²) in [4.78, 5) is 20.7. The van der Waals surface area contributed by atoms with Crippen molar-refractivity contribution in [2.75, 3.05) is 0 Å². The molecule has 1 amide bonds. The summed E-state index contributed by atoms with van der Waals surface area (Å²) in [5, 5.41) is 11.6. The molecule has 0 aliphatic carbocycles. The van der Waals surface area contributed by atoms with Gasteiger partial charge in [0.2, 0.25) is 0 Å². The lowest BCUT2D eigenvalue weighted by Gasteiger charge is -2.07. The average Bonchev–Trinajstić information content (AvgIpc) is 2.66. The third kappa shape index (κ3) is 4.06. The van der Waals surface area contributed by atoms with Crippen LogP contribution < -0.4 is 5.32 Å².